The SMILES string of the molecule is COC(=O)[C@@H](O)[C@H]1[C@@]2(C)C[C@]34O[C@]5(C)O[C@]6([C@H](OC(C)=O)[C@H](OC(C)=O)[C@]7(C)C(=CC(=O)O[C@@H]7c7ccoc7)[C@@]6(O5)[C@H](O)[C@]3(C(=O)C(C)C)[C@H]2OC(C)=O)[C@@]14COC(C)=O. The Morgan fingerprint density at radius 3 is 2.08 bits per heavy atom. The number of hydrogen-bond acceptors (Lipinski definition) is 19. The number of rotatable bonds is 10. The molecule has 19 heteroatoms. The highest BCUT2D eigenvalue weighted by molar-refractivity contribution is 5.94. The van der Waals surface area contributed by atoms with Gasteiger partial charge in [-0.15, -0.1) is 0 Å². The summed E-state index contributed by atoms with van der Waals surface area (Å²) in [6.07, 6.45) is -8.50. The zero-order chi connectivity index (χ0) is 44.1. The van der Waals surface area contributed by atoms with Crippen molar-refractivity contribution in [2.24, 2.45) is 33.5 Å². The van der Waals surface area contributed by atoms with Gasteiger partial charge in [0.05, 0.1) is 30.5 Å². The summed E-state index contributed by atoms with van der Waals surface area (Å²) < 4.78 is 62.3. The van der Waals surface area contributed by atoms with E-state index in [0.29, 0.717) is 0 Å². The van der Waals surface area contributed by atoms with Crippen molar-refractivity contribution in [2.45, 2.75) is 128 Å². The van der Waals surface area contributed by atoms with Crippen LogP contribution in [0.25, 0.3) is 0 Å². The third-order valence-electron chi connectivity index (χ3n) is 14.6. The van der Waals surface area contributed by atoms with Crippen molar-refractivity contribution in [3.8, 4) is 0 Å². The first-order chi connectivity index (χ1) is 27.9. The fraction of sp³-hybridized carbons (Fsp3) is 0.683. The summed E-state index contributed by atoms with van der Waals surface area (Å²) in [5.74, 6) is -11.9. The molecule has 2 N–H and O–H groups in total. The fourth-order valence-electron chi connectivity index (χ4n) is 13.6. The average molecular weight is 845 g/mol. The van der Waals surface area contributed by atoms with Crippen LogP contribution in [0.2, 0.25) is 0 Å². The number of carbonyl (C=O) groups excluding carboxylic acids is 7. The van der Waals surface area contributed by atoms with Gasteiger partial charge in [0.25, 0.3) is 5.97 Å². The Bertz CT molecular complexity index is 2150. The molecule has 326 valence electrons. The highest BCUT2D eigenvalue weighted by Crippen LogP contribution is 2.91. The molecule has 4 heterocycles. The largest absolute Gasteiger partial charge is 0.472 e. The van der Waals surface area contributed by atoms with Crippen LogP contribution in [-0.4, -0.2) is 119 Å². The van der Waals surface area contributed by atoms with Gasteiger partial charge < -0.3 is 57.3 Å². The minimum Gasteiger partial charge on any atom is -0.472 e. The molecule has 4 saturated carbocycles. The van der Waals surface area contributed by atoms with Gasteiger partial charge in [0, 0.05) is 63.5 Å². The lowest BCUT2D eigenvalue weighted by atomic mass is 9.30. The van der Waals surface area contributed by atoms with Gasteiger partial charge in [0.2, 0.25) is 0 Å². The smallest absolute Gasteiger partial charge is 0.335 e. The summed E-state index contributed by atoms with van der Waals surface area (Å²) >= 11 is 0. The van der Waals surface area contributed by atoms with E-state index in [2.05, 4.69) is 0 Å². The van der Waals surface area contributed by atoms with Crippen LogP contribution in [0.4, 0.5) is 0 Å². The molecule has 0 aromatic carbocycles. The Labute approximate surface area is 343 Å². The van der Waals surface area contributed by atoms with E-state index >= 15 is 4.79 Å². The summed E-state index contributed by atoms with van der Waals surface area (Å²) in [5.41, 5.74) is -16.5. The number of cyclic esters (lactones) is 1. The van der Waals surface area contributed by atoms with E-state index < -0.39 is 148 Å². The number of ketones is 1. The number of fused-ring (bicyclic) bond motifs is 3. The van der Waals surface area contributed by atoms with Crippen molar-refractivity contribution in [2.75, 3.05) is 13.7 Å². The highest BCUT2D eigenvalue weighted by atomic mass is 16.9. The second-order valence-electron chi connectivity index (χ2n) is 17.9. The lowest BCUT2D eigenvalue weighted by Gasteiger charge is -2.78. The molecule has 0 amide bonds. The molecule has 2 spiro atoms. The number of ether oxygens (including phenoxy) is 9. The maximum absolute atomic E-state index is 15.7. The lowest BCUT2D eigenvalue weighted by molar-refractivity contribution is -0.483. The minimum atomic E-state index is -2.74. The molecule has 1 aromatic rings. The Kier molecular flexibility index (Phi) is 8.88. The first-order valence-corrected chi connectivity index (χ1v) is 19.6. The molecule has 8 rings (SSSR count). The normalized spacial score (nSPS) is 45.4. The van der Waals surface area contributed by atoms with E-state index in [0.717, 1.165) is 40.9 Å². The third-order valence-corrected chi connectivity index (χ3v) is 14.6. The van der Waals surface area contributed by atoms with Crippen molar-refractivity contribution in [3.63, 3.8) is 0 Å². The number of methoxy groups -OCH3 is 1. The fourth-order valence-corrected chi connectivity index (χ4v) is 13.6. The highest BCUT2D eigenvalue weighted by Gasteiger charge is 3.07. The number of aliphatic hydroxyl groups is 2. The van der Waals surface area contributed by atoms with Crippen molar-refractivity contribution < 1.29 is 90.8 Å². The predicted octanol–water partition coefficient (Wildman–Crippen LogP) is 1.30. The van der Waals surface area contributed by atoms with Gasteiger partial charge in [0.1, 0.15) is 35.9 Å². The van der Waals surface area contributed by atoms with Crippen LogP contribution in [0.5, 0.6) is 0 Å². The number of furan rings is 1. The average Bonchev–Trinajstić information content (AvgIpc) is 3.86. The molecule has 0 radical (unpaired) electrons. The van der Waals surface area contributed by atoms with E-state index in [9.17, 15) is 39.0 Å². The summed E-state index contributed by atoms with van der Waals surface area (Å²) in [7, 11) is 1.01. The van der Waals surface area contributed by atoms with E-state index in [1.165, 1.54) is 53.2 Å². The van der Waals surface area contributed by atoms with Crippen LogP contribution in [0.3, 0.4) is 0 Å². The van der Waals surface area contributed by atoms with Crippen LogP contribution < -0.4 is 0 Å². The molecule has 0 unspecified atom stereocenters. The van der Waals surface area contributed by atoms with E-state index in [1.807, 2.05) is 0 Å². The third kappa shape index (κ3) is 4.39. The van der Waals surface area contributed by atoms with Gasteiger partial charge in [-0.05, 0) is 25.0 Å². The molecule has 2 saturated heterocycles. The molecule has 4 bridgehead atoms. The van der Waals surface area contributed by atoms with Crippen LogP contribution in [0, 0.1) is 33.5 Å². The van der Waals surface area contributed by atoms with Gasteiger partial charge in [-0.1, -0.05) is 20.8 Å². The molecule has 6 fully saturated rings. The number of hydrogen-bond donors (Lipinski definition) is 2. The van der Waals surface area contributed by atoms with Gasteiger partial charge in [-0.25, -0.2) is 9.59 Å². The maximum atomic E-state index is 15.7. The molecule has 1 aromatic heterocycles. The molecule has 15 atom stereocenters. The summed E-state index contributed by atoms with van der Waals surface area (Å²) in [5, 5.41) is 26.5. The van der Waals surface area contributed by atoms with Gasteiger partial charge in [-0.3, -0.25) is 24.0 Å². The number of carbonyl (C=O) groups is 7. The van der Waals surface area contributed by atoms with Crippen molar-refractivity contribution in [1.29, 1.82) is 0 Å². The topological polar surface area (TPSA) is 256 Å². The molecule has 3 aliphatic heterocycles. The summed E-state index contributed by atoms with van der Waals surface area (Å²) in [4.78, 5) is 97.5. The second kappa shape index (κ2) is 12.7. The van der Waals surface area contributed by atoms with Crippen LogP contribution in [0.1, 0.15) is 80.4 Å². The van der Waals surface area contributed by atoms with E-state index in [4.69, 9.17) is 47.0 Å². The standard InChI is InChI=1S/C41H48O19/c1-17(2)27(48)39-32(50)40-23-13-24(46)57-28(22-11-12-52-14-22)35(23,8)29(54-19(4)43)30(55-20(5)44)41(40)37(16-53-18(3)42)26(25(47)31(49)51-10)34(7,33(39)56-21(6)45)15-38(37,39)58-36(9,59-40)60-41/h11-14,17,25-26,28-30,32-33,47,50H,15-16H2,1-10H3/t25-,26-,28+,29-,30+,32+,33-,34+,35+,36-,37-,38+,39+,40+,41+/m0/s1. The number of esters is 6. The monoisotopic (exact) mass is 844 g/mol. The van der Waals surface area contributed by atoms with Crippen molar-refractivity contribution in [3.05, 3.63) is 35.8 Å². The first-order valence-electron chi connectivity index (χ1n) is 19.6. The minimum absolute atomic E-state index is 0.211. The van der Waals surface area contributed by atoms with Crippen LogP contribution in [0.15, 0.2) is 34.7 Å². The Morgan fingerprint density at radius 2 is 1.53 bits per heavy atom. The van der Waals surface area contributed by atoms with Gasteiger partial charge in [-0.2, -0.15) is 0 Å². The Morgan fingerprint density at radius 1 is 0.900 bits per heavy atom. The number of Topliss-reactive ketones (excluding diaryl/α,β-unsaturated/α-hetero) is 1. The quantitative estimate of drug-likeness (QED) is 0.248. The molecule has 7 aliphatic rings. The first kappa shape index (κ1) is 42.0. The summed E-state index contributed by atoms with van der Waals surface area (Å²) in [6.45, 7) is 10.7. The van der Waals surface area contributed by atoms with E-state index in [1.54, 1.807) is 0 Å². The van der Waals surface area contributed by atoms with E-state index in [-0.39, 0.29) is 11.1 Å². The number of aliphatic hydroxyl groups excluding tert-OH is 2. The van der Waals surface area contributed by atoms with Gasteiger partial charge in [0.15, 0.2) is 35.3 Å². The summed E-state index contributed by atoms with van der Waals surface area (Å²) in [6, 6.07) is 1.47. The van der Waals surface area contributed by atoms with Gasteiger partial charge >= 0.3 is 35.8 Å². The zero-order valence-corrected chi connectivity index (χ0v) is 34.7. The maximum Gasteiger partial charge on any atom is 0.335 e. The Balaban J connectivity index is 1.65. The molecular formula is C41H48O19. The lowest BCUT2D eigenvalue weighted by Crippen LogP contribution is -2.96. The van der Waals surface area contributed by atoms with Crippen molar-refractivity contribution >= 4 is 41.6 Å². The molecule has 19 nitrogen and oxygen atoms in total. The Hall–Kier alpha value is -4.69. The molecular weight excluding hydrogens is 796 g/mol. The molecule has 4 aliphatic carbocycles. The second-order valence-corrected chi connectivity index (χ2v) is 17.9. The van der Waals surface area contributed by atoms with Crippen molar-refractivity contribution in [1.82, 2.24) is 0 Å². The molecule has 60 heavy (non-hydrogen) atoms. The van der Waals surface area contributed by atoms with Crippen LogP contribution >= 0.6 is 0 Å². The predicted molar refractivity (Wildman–Crippen MR) is 192 cm³/mol. The van der Waals surface area contributed by atoms with Crippen LogP contribution in [-0.2, 0) is 76.2 Å². The zero-order valence-electron chi connectivity index (χ0n) is 34.7.